The zero-order valence-corrected chi connectivity index (χ0v) is 21.7. The van der Waals surface area contributed by atoms with Crippen LogP contribution in [0.2, 0.25) is 0 Å². The Hall–Kier alpha value is -4.27. The number of hydrogen-bond acceptors (Lipinski definition) is 8. The summed E-state index contributed by atoms with van der Waals surface area (Å²) in [5, 5.41) is -0.157. The highest BCUT2D eigenvalue weighted by atomic mass is 35.5. The maximum Gasteiger partial charge on any atom is 0.338 e. The van der Waals surface area contributed by atoms with Crippen LogP contribution in [0.3, 0.4) is 0 Å². The summed E-state index contributed by atoms with van der Waals surface area (Å²) >= 11 is 6.12. The molecule has 0 bridgehead atoms. The van der Waals surface area contributed by atoms with Gasteiger partial charge in [0.15, 0.2) is 18.0 Å². The third-order valence-electron chi connectivity index (χ3n) is 5.89. The molecule has 1 heterocycles. The number of allylic oxidation sites excluding steroid dienone is 1. The highest BCUT2D eigenvalue weighted by Crippen LogP contribution is 2.31. The van der Waals surface area contributed by atoms with E-state index in [1.165, 1.54) is 13.0 Å². The second-order valence-corrected chi connectivity index (χ2v) is 9.05. The van der Waals surface area contributed by atoms with Gasteiger partial charge in [-0.1, -0.05) is 66.2 Å². The molecular weight excluding hydrogens is 524 g/mol. The standard InChI is InChI=1S/C30H25ClO8/c1-19(32)23(31)17-24-26(38-29(34)21-13-7-3-8-14-21)27(39-30(35)22-15-9-4-10-16-22)25(37-24)18-36-28(33)20-11-5-2-6-12-20/h2-17,24-27H,18H2,1H3/b23-17-/t24-,25+,26-,27+/m0/s1. The summed E-state index contributed by atoms with van der Waals surface area (Å²) < 4.78 is 23.0. The van der Waals surface area contributed by atoms with Gasteiger partial charge in [0.1, 0.15) is 18.8 Å². The molecule has 3 aromatic carbocycles. The molecule has 0 unspecified atom stereocenters. The number of rotatable bonds is 9. The number of carbonyl (C=O) groups is 4. The summed E-state index contributed by atoms with van der Waals surface area (Å²) in [5.41, 5.74) is 0.827. The number of ketones is 1. The molecular formula is C30H25ClO8. The molecule has 1 aliphatic heterocycles. The van der Waals surface area contributed by atoms with Crippen molar-refractivity contribution in [1.29, 1.82) is 0 Å². The van der Waals surface area contributed by atoms with Crippen LogP contribution in [-0.2, 0) is 23.7 Å². The first-order valence-electron chi connectivity index (χ1n) is 12.1. The molecule has 0 saturated carbocycles. The molecule has 39 heavy (non-hydrogen) atoms. The molecule has 0 aromatic heterocycles. The smallest absolute Gasteiger partial charge is 0.338 e. The minimum atomic E-state index is -1.21. The van der Waals surface area contributed by atoms with E-state index in [4.69, 9.17) is 30.5 Å². The Balaban J connectivity index is 1.64. The number of ether oxygens (including phenoxy) is 4. The van der Waals surface area contributed by atoms with Crippen LogP contribution in [0.4, 0.5) is 0 Å². The molecule has 1 fully saturated rings. The van der Waals surface area contributed by atoms with Crippen molar-refractivity contribution in [3.05, 3.63) is 119 Å². The Bertz CT molecular complexity index is 1340. The van der Waals surface area contributed by atoms with Crippen LogP contribution in [0, 0.1) is 0 Å². The molecule has 8 nitrogen and oxygen atoms in total. The molecule has 9 heteroatoms. The zero-order valence-electron chi connectivity index (χ0n) is 20.9. The van der Waals surface area contributed by atoms with Crippen LogP contribution < -0.4 is 0 Å². The topological polar surface area (TPSA) is 105 Å². The lowest BCUT2D eigenvalue weighted by molar-refractivity contribution is -0.113. The van der Waals surface area contributed by atoms with Crippen LogP contribution >= 0.6 is 11.6 Å². The largest absolute Gasteiger partial charge is 0.459 e. The van der Waals surface area contributed by atoms with Gasteiger partial charge in [-0.2, -0.15) is 0 Å². The van der Waals surface area contributed by atoms with Gasteiger partial charge >= 0.3 is 17.9 Å². The lowest BCUT2D eigenvalue weighted by atomic mass is 10.1. The van der Waals surface area contributed by atoms with E-state index >= 15 is 0 Å². The van der Waals surface area contributed by atoms with Crippen LogP contribution in [0.5, 0.6) is 0 Å². The zero-order chi connectivity index (χ0) is 27.8. The number of esters is 3. The first-order valence-corrected chi connectivity index (χ1v) is 12.5. The molecule has 1 saturated heterocycles. The third kappa shape index (κ3) is 7.19. The van der Waals surface area contributed by atoms with Gasteiger partial charge in [-0.25, -0.2) is 14.4 Å². The van der Waals surface area contributed by atoms with Gasteiger partial charge in [0, 0.05) is 6.92 Å². The van der Waals surface area contributed by atoms with Gasteiger partial charge in [-0.15, -0.1) is 0 Å². The van der Waals surface area contributed by atoms with Crippen molar-refractivity contribution in [2.45, 2.75) is 31.3 Å². The number of hydrogen-bond donors (Lipinski definition) is 0. The van der Waals surface area contributed by atoms with Crippen LogP contribution in [-0.4, -0.2) is 54.7 Å². The molecule has 200 valence electrons. The van der Waals surface area contributed by atoms with Crippen molar-refractivity contribution in [1.82, 2.24) is 0 Å². The van der Waals surface area contributed by atoms with Crippen LogP contribution in [0.25, 0.3) is 0 Å². The van der Waals surface area contributed by atoms with Crippen molar-refractivity contribution in [3.8, 4) is 0 Å². The summed E-state index contributed by atoms with van der Waals surface area (Å²) in [6, 6.07) is 24.8. The summed E-state index contributed by atoms with van der Waals surface area (Å²) in [7, 11) is 0. The molecule has 1 aliphatic rings. The molecule has 0 spiro atoms. The number of carbonyl (C=O) groups excluding carboxylic acids is 4. The maximum atomic E-state index is 13.0. The van der Waals surface area contributed by atoms with E-state index in [-0.39, 0.29) is 22.8 Å². The number of Topliss-reactive ketones (excluding diaryl/α,β-unsaturated/α-hetero) is 1. The first kappa shape index (κ1) is 27.8. The summed E-state index contributed by atoms with van der Waals surface area (Å²) in [6.07, 6.45) is -3.25. The Labute approximate surface area is 230 Å². The number of halogens is 1. The van der Waals surface area contributed by atoms with Gasteiger partial charge < -0.3 is 18.9 Å². The molecule has 0 aliphatic carbocycles. The van der Waals surface area contributed by atoms with E-state index in [1.54, 1.807) is 91.0 Å². The lowest BCUT2D eigenvalue weighted by Gasteiger charge is -2.24. The highest BCUT2D eigenvalue weighted by Gasteiger charge is 2.49. The quantitative estimate of drug-likeness (QED) is 0.214. The fourth-order valence-electron chi connectivity index (χ4n) is 3.91. The Morgan fingerprint density at radius 2 is 1.15 bits per heavy atom. The van der Waals surface area contributed by atoms with E-state index in [9.17, 15) is 19.2 Å². The SMILES string of the molecule is CC(=O)/C(Cl)=C/[C@@H]1O[C@H](COC(=O)c2ccccc2)[C@@H](OC(=O)c2ccccc2)[C@H]1OC(=O)c1ccccc1. The van der Waals surface area contributed by atoms with E-state index in [0.717, 1.165) is 0 Å². The fraction of sp³-hybridized carbons (Fsp3) is 0.200. The van der Waals surface area contributed by atoms with Gasteiger partial charge in [0.25, 0.3) is 0 Å². The van der Waals surface area contributed by atoms with Gasteiger partial charge in [0.05, 0.1) is 21.7 Å². The van der Waals surface area contributed by atoms with Crippen LogP contribution in [0.15, 0.2) is 102 Å². The molecule has 3 aromatic rings. The normalized spacial score (nSPS) is 20.6. The minimum absolute atomic E-state index is 0.157. The predicted molar refractivity (Wildman–Crippen MR) is 141 cm³/mol. The average Bonchev–Trinajstić information content (AvgIpc) is 3.27. The molecule has 0 N–H and O–H groups in total. The molecule has 0 radical (unpaired) electrons. The van der Waals surface area contributed by atoms with Crippen molar-refractivity contribution < 1.29 is 38.1 Å². The summed E-state index contributed by atoms with van der Waals surface area (Å²) in [4.78, 5) is 50.5. The van der Waals surface area contributed by atoms with Crippen molar-refractivity contribution in [2.24, 2.45) is 0 Å². The summed E-state index contributed by atoms with van der Waals surface area (Å²) in [6.45, 7) is 0.937. The van der Waals surface area contributed by atoms with E-state index < -0.39 is 48.1 Å². The fourth-order valence-corrected chi connectivity index (χ4v) is 4.03. The van der Waals surface area contributed by atoms with Crippen molar-refractivity contribution >= 4 is 35.3 Å². The van der Waals surface area contributed by atoms with Gasteiger partial charge in [-0.3, -0.25) is 4.79 Å². The van der Waals surface area contributed by atoms with E-state index in [1.807, 2.05) is 0 Å². The Morgan fingerprint density at radius 1 is 0.718 bits per heavy atom. The first-order chi connectivity index (χ1) is 18.8. The molecule has 4 rings (SSSR count). The van der Waals surface area contributed by atoms with Gasteiger partial charge in [-0.05, 0) is 42.5 Å². The Morgan fingerprint density at radius 3 is 1.62 bits per heavy atom. The maximum absolute atomic E-state index is 13.0. The van der Waals surface area contributed by atoms with Gasteiger partial charge in [0.2, 0.25) is 0 Å². The van der Waals surface area contributed by atoms with E-state index in [2.05, 4.69) is 0 Å². The van der Waals surface area contributed by atoms with Crippen molar-refractivity contribution in [3.63, 3.8) is 0 Å². The van der Waals surface area contributed by atoms with Crippen molar-refractivity contribution in [2.75, 3.05) is 6.61 Å². The second kappa shape index (κ2) is 13.0. The average molecular weight is 549 g/mol. The Kier molecular flexibility index (Phi) is 9.25. The molecule has 0 amide bonds. The predicted octanol–water partition coefficient (Wildman–Crippen LogP) is 4.77. The summed E-state index contributed by atoms with van der Waals surface area (Å²) in [5.74, 6) is -2.47. The molecule has 4 atom stereocenters. The monoisotopic (exact) mass is 548 g/mol. The third-order valence-corrected chi connectivity index (χ3v) is 6.28. The van der Waals surface area contributed by atoms with E-state index in [0.29, 0.717) is 5.56 Å². The van der Waals surface area contributed by atoms with Crippen LogP contribution in [0.1, 0.15) is 38.0 Å². The second-order valence-electron chi connectivity index (χ2n) is 8.65. The minimum Gasteiger partial charge on any atom is -0.459 e. The number of benzene rings is 3. The highest BCUT2D eigenvalue weighted by molar-refractivity contribution is 6.42. The lowest BCUT2D eigenvalue weighted by Crippen LogP contribution is -2.41.